The number of sulfonamides is 1. The number of halogens is 1. The Morgan fingerprint density at radius 3 is 2.11 bits per heavy atom. The van der Waals surface area contributed by atoms with Crippen molar-refractivity contribution < 1.29 is 17.6 Å². The molecule has 2 aromatic rings. The molecule has 1 aliphatic heterocycles. The number of amides is 1. The maximum absolute atomic E-state index is 13.3. The van der Waals surface area contributed by atoms with Gasteiger partial charge in [-0.1, -0.05) is 6.07 Å². The van der Waals surface area contributed by atoms with Crippen LogP contribution < -0.4 is 0 Å². The number of aryl methyl sites for hydroxylation is 2. The van der Waals surface area contributed by atoms with Crippen molar-refractivity contribution in [1.82, 2.24) is 14.2 Å². The van der Waals surface area contributed by atoms with Crippen LogP contribution in [-0.2, 0) is 10.0 Å². The number of rotatable bonds is 3. The van der Waals surface area contributed by atoms with Gasteiger partial charge < -0.3 is 4.90 Å². The first-order chi connectivity index (χ1) is 13.1. The molecule has 150 valence electrons. The van der Waals surface area contributed by atoms with E-state index in [1.54, 1.807) is 4.90 Å². The van der Waals surface area contributed by atoms with Crippen LogP contribution in [0.25, 0.3) is 0 Å². The Balaban J connectivity index is 1.81. The zero-order valence-electron chi connectivity index (χ0n) is 16.5. The van der Waals surface area contributed by atoms with Crippen LogP contribution in [0.2, 0.25) is 0 Å². The fraction of sp³-hybridized carbons (Fsp3) is 0.400. The second kappa shape index (κ2) is 7.60. The zero-order chi connectivity index (χ0) is 20.6. The van der Waals surface area contributed by atoms with Gasteiger partial charge in [0.25, 0.3) is 5.91 Å². The summed E-state index contributed by atoms with van der Waals surface area (Å²) in [5.41, 5.74) is 3.61. The van der Waals surface area contributed by atoms with Gasteiger partial charge in [0, 0.05) is 44.0 Å². The van der Waals surface area contributed by atoms with Gasteiger partial charge in [-0.3, -0.25) is 4.79 Å². The summed E-state index contributed by atoms with van der Waals surface area (Å²) in [5, 5.41) is 0. The second-order valence-electron chi connectivity index (χ2n) is 7.15. The summed E-state index contributed by atoms with van der Waals surface area (Å²) in [7, 11) is -3.66. The van der Waals surface area contributed by atoms with Gasteiger partial charge in [-0.05, 0) is 56.0 Å². The van der Waals surface area contributed by atoms with Crippen molar-refractivity contribution in [1.29, 1.82) is 0 Å². The van der Waals surface area contributed by atoms with Gasteiger partial charge in [-0.2, -0.15) is 8.70 Å². The Hall–Kier alpha value is -2.32. The maximum Gasteiger partial charge on any atom is 0.254 e. The van der Waals surface area contributed by atoms with Crippen LogP contribution in [0.15, 0.2) is 29.3 Å². The van der Waals surface area contributed by atoms with Gasteiger partial charge in [0.1, 0.15) is 0 Å². The van der Waals surface area contributed by atoms with E-state index < -0.39 is 16.0 Å². The summed E-state index contributed by atoms with van der Waals surface area (Å²) >= 11 is 0. The number of benzene rings is 1. The average molecular weight is 405 g/mol. The molecule has 0 aliphatic carbocycles. The fourth-order valence-electron chi connectivity index (χ4n) is 3.55. The summed E-state index contributed by atoms with van der Waals surface area (Å²) in [5.74, 6) is -1.04. The minimum absolute atomic E-state index is 0.202. The highest BCUT2D eigenvalue weighted by atomic mass is 32.2. The van der Waals surface area contributed by atoms with Gasteiger partial charge in [-0.15, -0.1) is 0 Å². The highest BCUT2D eigenvalue weighted by Gasteiger charge is 2.33. The number of aromatic nitrogens is 1. The fourth-order valence-corrected chi connectivity index (χ4v) is 5.54. The lowest BCUT2D eigenvalue weighted by atomic mass is 10.0. The van der Waals surface area contributed by atoms with Crippen LogP contribution in [0.5, 0.6) is 0 Å². The quantitative estimate of drug-likeness (QED) is 0.736. The lowest BCUT2D eigenvalue weighted by Crippen LogP contribution is -2.50. The summed E-state index contributed by atoms with van der Waals surface area (Å²) < 4.78 is 41.3. The van der Waals surface area contributed by atoms with Crippen LogP contribution in [0, 0.1) is 33.6 Å². The molecule has 1 fully saturated rings. The third kappa shape index (κ3) is 3.66. The zero-order valence-corrected chi connectivity index (χ0v) is 17.3. The summed E-state index contributed by atoms with van der Waals surface area (Å²) in [6.07, 6.45) is 1.24. The van der Waals surface area contributed by atoms with E-state index in [9.17, 15) is 17.6 Å². The Kier molecular flexibility index (Phi) is 5.54. The lowest BCUT2D eigenvalue weighted by Gasteiger charge is -2.34. The first kappa shape index (κ1) is 20.4. The molecule has 1 saturated heterocycles. The Morgan fingerprint density at radius 1 is 1.00 bits per heavy atom. The number of carbonyl (C=O) groups is 1. The number of carbonyl (C=O) groups excluding carboxylic acids is 1. The maximum atomic E-state index is 13.3. The predicted octanol–water partition coefficient (Wildman–Crippen LogP) is 2.60. The molecule has 0 N–H and O–H groups in total. The van der Waals surface area contributed by atoms with Gasteiger partial charge in [-0.25, -0.2) is 13.4 Å². The second-order valence-corrected chi connectivity index (χ2v) is 9.03. The van der Waals surface area contributed by atoms with Gasteiger partial charge in [0.05, 0.1) is 4.90 Å². The first-order valence-corrected chi connectivity index (χ1v) is 10.6. The van der Waals surface area contributed by atoms with Crippen LogP contribution in [-0.4, -0.2) is 54.7 Å². The predicted molar refractivity (Wildman–Crippen MR) is 104 cm³/mol. The first-order valence-electron chi connectivity index (χ1n) is 9.11. The molecule has 1 aliphatic rings. The average Bonchev–Trinajstić information content (AvgIpc) is 2.66. The molecule has 0 saturated carbocycles. The third-order valence-electron chi connectivity index (χ3n) is 5.39. The minimum atomic E-state index is -3.66. The lowest BCUT2D eigenvalue weighted by molar-refractivity contribution is 0.0697. The van der Waals surface area contributed by atoms with E-state index in [1.807, 2.05) is 33.8 Å². The van der Waals surface area contributed by atoms with E-state index in [0.717, 1.165) is 28.3 Å². The number of nitrogens with zero attached hydrogens (tertiary/aromatic N) is 3. The summed E-state index contributed by atoms with van der Waals surface area (Å²) in [6.45, 7) is 8.38. The molecule has 0 spiro atoms. The van der Waals surface area contributed by atoms with Crippen molar-refractivity contribution in [3.8, 4) is 0 Å². The Labute approximate surface area is 165 Å². The Bertz CT molecular complexity index is 1000. The summed E-state index contributed by atoms with van der Waals surface area (Å²) in [6, 6.07) is 4.54. The molecule has 6 nitrogen and oxygen atoms in total. The van der Waals surface area contributed by atoms with Crippen LogP contribution in [0.1, 0.15) is 32.6 Å². The molecule has 0 unspecified atom stereocenters. The number of piperazine rings is 1. The van der Waals surface area contributed by atoms with Gasteiger partial charge >= 0.3 is 0 Å². The normalized spacial score (nSPS) is 15.7. The van der Waals surface area contributed by atoms with Gasteiger partial charge in [0.15, 0.2) is 0 Å². The number of hydrogen-bond donors (Lipinski definition) is 0. The standard InChI is InChI=1S/C20H24FN3O3S/c1-13-11-14(2)16(4)19(15(13)3)28(26,27)24-9-7-23(8-10-24)20(25)17-5-6-22-18(21)12-17/h5-6,11-12H,7-10H2,1-4H3. The minimum Gasteiger partial charge on any atom is -0.336 e. The largest absolute Gasteiger partial charge is 0.336 e. The van der Waals surface area contributed by atoms with Crippen molar-refractivity contribution in [3.05, 3.63) is 58.2 Å². The molecule has 1 amide bonds. The smallest absolute Gasteiger partial charge is 0.254 e. The van der Waals surface area contributed by atoms with Crippen LogP contribution >= 0.6 is 0 Å². The van der Waals surface area contributed by atoms with Crippen molar-refractivity contribution in [3.63, 3.8) is 0 Å². The molecule has 0 bridgehead atoms. The van der Waals surface area contributed by atoms with Crippen LogP contribution in [0.3, 0.4) is 0 Å². The molecular weight excluding hydrogens is 381 g/mol. The van der Waals surface area contributed by atoms with E-state index in [-0.39, 0.29) is 37.6 Å². The van der Waals surface area contributed by atoms with E-state index in [0.29, 0.717) is 4.90 Å². The van der Waals surface area contributed by atoms with E-state index >= 15 is 0 Å². The van der Waals surface area contributed by atoms with Crippen molar-refractivity contribution in [2.24, 2.45) is 0 Å². The highest BCUT2D eigenvalue weighted by molar-refractivity contribution is 7.89. The topological polar surface area (TPSA) is 70.6 Å². The molecule has 28 heavy (non-hydrogen) atoms. The molecule has 1 aromatic heterocycles. The number of hydrogen-bond acceptors (Lipinski definition) is 4. The van der Waals surface area contributed by atoms with E-state index in [2.05, 4.69) is 4.98 Å². The molecule has 1 aromatic carbocycles. The SMILES string of the molecule is Cc1cc(C)c(C)c(S(=O)(=O)N2CCN(C(=O)c3ccnc(F)c3)CC2)c1C. The molecule has 3 rings (SSSR count). The van der Waals surface area contributed by atoms with Crippen molar-refractivity contribution >= 4 is 15.9 Å². The molecule has 2 heterocycles. The molecule has 8 heteroatoms. The molecule has 0 radical (unpaired) electrons. The van der Waals surface area contributed by atoms with Crippen molar-refractivity contribution in [2.45, 2.75) is 32.6 Å². The third-order valence-corrected chi connectivity index (χ3v) is 7.57. The monoisotopic (exact) mass is 405 g/mol. The molecule has 0 atom stereocenters. The number of pyridine rings is 1. The Morgan fingerprint density at radius 2 is 1.57 bits per heavy atom. The van der Waals surface area contributed by atoms with Crippen LogP contribution in [0.4, 0.5) is 4.39 Å². The summed E-state index contributed by atoms with van der Waals surface area (Å²) in [4.78, 5) is 17.9. The molecular formula is C20H24FN3O3S. The van der Waals surface area contributed by atoms with Gasteiger partial charge in [0.2, 0.25) is 16.0 Å². The van der Waals surface area contributed by atoms with Crippen molar-refractivity contribution in [2.75, 3.05) is 26.2 Å². The van der Waals surface area contributed by atoms with E-state index in [4.69, 9.17) is 0 Å². The highest BCUT2D eigenvalue weighted by Crippen LogP contribution is 2.29. The van der Waals surface area contributed by atoms with E-state index in [1.165, 1.54) is 16.6 Å².